The first-order chi connectivity index (χ1) is 19.2. The Bertz CT molecular complexity index is 1630. The van der Waals surface area contributed by atoms with Crippen LogP contribution >= 0.6 is 0 Å². The van der Waals surface area contributed by atoms with Gasteiger partial charge in [0.25, 0.3) is 26.0 Å². The van der Waals surface area contributed by atoms with Gasteiger partial charge >= 0.3 is 0 Å². The van der Waals surface area contributed by atoms with Gasteiger partial charge in [0.15, 0.2) is 5.03 Å². The van der Waals surface area contributed by atoms with Crippen LogP contribution in [0.5, 0.6) is 5.75 Å². The number of anilines is 1. The number of aliphatic hydroxyl groups excluding tert-OH is 1. The Kier molecular flexibility index (Phi) is 8.73. The summed E-state index contributed by atoms with van der Waals surface area (Å²) in [5.74, 6) is -1.33. The molecular weight excluding hydrogens is 577 g/mol. The molecule has 0 spiro atoms. The number of imidazole rings is 1. The number of nitrogens with zero attached hydrogens (tertiary/aromatic N) is 4. The van der Waals surface area contributed by atoms with Crippen molar-refractivity contribution in [3.8, 4) is 5.75 Å². The van der Waals surface area contributed by atoms with Gasteiger partial charge in [-0.1, -0.05) is 6.92 Å². The van der Waals surface area contributed by atoms with Crippen LogP contribution in [0.2, 0.25) is 0 Å². The van der Waals surface area contributed by atoms with E-state index in [9.17, 15) is 31.1 Å². The van der Waals surface area contributed by atoms with E-state index >= 15 is 0 Å². The molecule has 0 saturated carbocycles. The molecule has 15 heteroatoms. The quantitative estimate of drug-likeness (QED) is 0.373. The van der Waals surface area contributed by atoms with E-state index < -0.39 is 43.9 Å². The normalized spacial score (nSPS) is 18.8. The van der Waals surface area contributed by atoms with Gasteiger partial charge in [-0.2, -0.15) is 4.31 Å². The van der Waals surface area contributed by atoms with E-state index in [4.69, 9.17) is 4.74 Å². The fourth-order valence-electron chi connectivity index (χ4n) is 4.37. The van der Waals surface area contributed by atoms with E-state index in [1.165, 1.54) is 47.2 Å². The highest BCUT2D eigenvalue weighted by molar-refractivity contribution is 7.92. The molecule has 0 saturated heterocycles. The average Bonchev–Trinajstić information content (AvgIpc) is 3.37. The minimum absolute atomic E-state index is 0.0248. The summed E-state index contributed by atoms with van der Waals surface area (Å²) in [6.07, 6.45) is 2.05. The van der Waals surface area contributed by atoms with Gasteiger partial charge in [0, 0.05) is 38.4 Å². The number of halogens is 1. The smallest absolute Gasteiger partial charge is 0.261 e. The van der Waals surface area contributed by atoms with Crippen molar-refractivity contribution in [2.75, 3.05) is 31.5 Å². The molecule has 41 heavy (non-hydrogen) atoms. The topological polar surface area (TPSA) is 151 Å². The predicted octanol–water partition coefficient (Wildman–Crippen LogP) is 1.90. The molecular formula is C26H32FN5O7S2. The lowest BCUT2D eigenvalue weighted by Gasteiger charge is -2.38. The zero-order valence-corrected chi connectivity index (χ0v) is 24.6. The molecule has 0 aliphatic carbocycles. The molecule has 1 aliphatic heterocycles. The third kappa shape index (κ3) is 6.53. The maximum atomic E-state index is 13.6. The van der Waals surface area contributed by atoms with E-state index in [-0.39, 0.29) is 52.5 Å². The van der Waals surface area contributed by atoms with Crippen LogP contribution in [0.1, 0.15) is 24.2 Å². The summed E-state index contributed by atoms with van der Waals surface area (Å²) in [7, 11) is -4.98. The van der Waals surface area contributed by atoms with Crippen LogP contribution in [0.25, 0.3) is 0 Å². The van der Waals surface area contributed by atoms with Crippen LogP contribution in [0, 0.1) is 11.7 Å². The number of likely N-dealkylation sites (N-methyl/N-ethyl adjacent to an activating group) is 1. The first-order valence-corrected chi connectivity index (χ1v) is 15.6. The number of rotatable bonds is 9. The molecule has 0 radical (unpaired) electrons. The SMILES string of the molecule is C[C@H]1CN([C@@H](C)CO)C(=O)c2cc(NS(=O)(=O)c3ccc(F)cc3)ccc2O[C@@H]1CN(C)S(=O)(=O)c1cn(C)cn1. The Morgan fingerprint density at radius 1 is 1.20 bits per heavy atom. The minimum atomic E-state index is -4.10. The first kappa shape index (κ1) is 30.4. The van der Waals surface area contributed by atoms with Gasteiger partial charge in [0.2, 0.25) is 0 Å². The van der Waals surface area contributed by atoms with Crippen molar-refractivity contribution in [1.29, 1.82) is 0 Å². The maximum Gasteiger partial charge on any atom is 0.261 e. The van der Waals surface area contributed by atoms with E-state index in [1.54, 1.807) is 14.0 Å². The number of aromatic nitrogens is 2. The average molecular weight is 610 g/mol. The number of aliphatic hydroxyl groups is 1. The van der Waals surface area contributed by atoms with E-state index in [2.05, 4.69) is 9.71 Å². The van der Waals surface area contributed by atoms with Crippen LogP contribution in [0.15, 0.2) is 64.9 Å². The van der Waals surface area contributed by atoms with Crippen molar-refractivity contribution < 1.29 is 35.9 Å². The minimum Gasteiger partial charge on any atom is -0.488 e. The van der Waals surface area contributed by atoms with Gasteiger partial charge in [0.05, 0.1) is 36.0 Å². The van der Waals surface area contributed by atoms with Crippen molar-refractivity contribution in [1.82, 2.24) is 18.8 Å². The Balaban J connectivity index is 1.68. The number of amides is 1. The molecule has 2 aromatic carbocycles. The maximum absolute atomic E-state index is 13.6. The second-order valence-electron chi connectivity index (χ2n) is 10.1. The van der Waals surface area contributed by atoms with Gasteiger partial charge in [-0.15, -0.1) is 0 Å². The molecule has 2 N–H and O–H groups in total. The lowest BCUT2D eigenvalue weighted by molar-refractivity contribution is 0.0387. The summed E-state index contributed by atoms with van der Waals surface area (Å²) in [6.45, 7) is 3.21. The predicted molar refractivity (Wildman–Crippen MR) is 148 cm³/mol. The Labute approximate surface area is 238 Å². The lowest BCUT2D eigenvalue weighted by atomic mass is 9.99. The molecule has 3 atom stereocenters. The summed E-state index contributed by atoms with van der Waals surface area (Å²) in [5.41, 5.74) is 0.0818. The summed E-state index contributed by atoms with van der Waals surface area (Å²) in [6, 6.07) is 7.83. The van der Waals surface area contributed by atoms with Gasteiger partial charge in [-0.3, -0.25) is 9.52 Å². The van der Waals surface area contributed by atoms with Crippen molar-refractivity contribution in [3.63, 3.8) is 0 Å². The zero-order valence-electron chi connectivity index (χ0n) is 22.9. The van der Waals surface area contributed by atoms with Crippen LogP contribution < -0.4 is 9.46 Å². The molecule has 4 rings (SSSR count). The molecule has 1 aliphatic rings. The lowest BCUT2D eigenvalue weighted by Crippen LogP contribution is -2.50. The van der Waals surface area contributed by atoms with Gasteiger partial charge < -0.3 is 19.3 Å². The number of aryl methyl sites for hydroxylation is 1. The highest BCUT2D eigenvalue weighted by Crippen LogP contribution is 2.32. The van der Waals surface area contributed by atoms with Crippen LogP contribution in [-0.4, -0.2) is 85.5 Å². The highest BCUT2D eigenvalue weighted by atomic mass is 32.2. The third-order valence-electron chi connectivity index (χ3n) is 6.83. The summed E-state index contributed by atoms with van der Waals surface area (Å²) >= 11 is 0. The van der Waals surface area contributed by atoms with Crippen molar-refractivity contribution >= 4 is 31.6 Å². The van der Waals surface area contributed by atoms with E-state index in [0.29, 0.717) is 0 Å². The molecule has 1 aromatic heterocycles. The van der Waals surface area contributed by atoms with Gasteiger partial charge in [0.1, 0.15) is 17.7 Å². The molecule has 12 nitrogen and oxygen atoms in total. The summed E-state index contributed by atoms with van der Waals surface area (Å²) in [4.78, 5) is 18.9. The van der Waals surface area contributed by atoms with Crippen molar-refractivity contribution in [2.45, 2.75) is 35.9 Å². The first-order valence-electron chi connectivity index (χ1n) is 12.7. The second-order valence-corrected chi connectivity index (χ2v) is 13.7. The van der Waals surface area contributed by atoms with Crippen molar-refractivity contribution in [3.05, 3.63) is 66.4 Å². The number of hydrogen-bond acceptors (Lipinski definition) is 8. The van der Waals surface area contributed by atoms with E-state index in [1.807, 2.05) is 6.92 Å². The second kappa shape index (κ2) is 11.8. The van der Waals surface area contributed by atoms with Gasteiger partial charge in [-0.25, -0.2) is 26.2 Å². The van der Waals surface area contributed by atoms with Crippen molar-refractivity contribution in [2.24, 2.45) is 13.0 Å². The third-order valence-corrected chi connectivity index (χ3v) is 9.94. The summed E-state index contributed by atoms with van der Waals surface area (Å²) < 4.78 is 76.5. The van der Waals surface area contributed by atoms with Gasteiger partial charge in [-0.05, 0) is 49.4 Å². The van der Waals surface area contributed by atoms with Crippen LogP contribution in [0.4, 0.5) is 10.1 Å². The van der Waals surface area contributed by atoms with Crippen LogP contribution in [-0.2, 0) is 27.1 Å². The number of carbonyl (C=O) groups is 1. The monoisotopic (exact) mass is 609 g/mol. The molecule has 2 heterocycles. The number of nitrogens with one attached hydrogen (secondary N) is 1. The number of fused-ring (bicyclic) bond motifs is 1. The Morgan fingerprint density at radius 2 is 1.88 bits per heavy atom. The van der Waals surface area contributed by atoms with E-state index in [0.717, 1.165) is 28.6 Å². The molecule has 0 fully saturated rings. The number of carbonyl (C=O) groups excluding carboxylic acids is 1. The largest absolute Gasteiger partial charge is 0.488 e. The number of sulfonamides is 2. The number of hydrogen-bond donors (Lipinski definition) is 2. The summed E-state index contributed by atoms with van der Waals surface area (Å²) in [5, 5.41) is 9.74. The Morgan fingerprint density at radius 3 is 2.49 bits per heavy atom. The molecule has 0 unspecified atom stereocenters. The standard InChI is InChI=1S/C26H32FN5O7S2/c1-17-12-32(18(2)15-33)26(34)22-11-20(29-40(35,36)21-8-5-19(27)6-9-21)7-10-23(22)39-24(17)13-31(4)41(37,38)25-14-30(3)16-28-25/h5-11,14,16-18,24,29,33H,12-13,15H2,1-4H3/t17-,18-,24+/m0/s1. The fraction of sp³-hybridized carbons (Fsp3) is 0.385. The Hall–Kier alpha value is -3.53. The molecule has 222 valence electrons. The molecule has 3 aromatic rings. The number of benzene rings is 2. The zero-order chi connectivity index (χ0) is 30.1. The molecule has 1 amide bonds. The van der Waals surface area contributed by atoms with Crippen LogP contribution in [0.3, 0.4) is 0 Å². The molecule has 0 bridgehead atoms. The highest BCUT2D eigenvalue weighted by Gasteiger charge is 2.36. The fourth-order valence-corrected chi connectivity index (χ4v) is 6.56. The number of ether oxygens (including phenoxy) is 1.